The van der Waals surface area contributed by atoms with Gasteiger partial charge in [0.25, 0.3) is 5.91 Å². The topological polar surface area (TPSA) is 112 Å². The van der Waals surface area contributed by atoms with E-state index in [1.54, 1.807) is 0 Å². The highest BCUT2D eigenvalue weighted by Crippen LogP contribution is 2.33. The SMILES string of the molecule is CC[C@@H]1CC(=O)NC1COc1nccc2cc(C(N)=O)c3nc(C(F)(F)F)cn3c12. The summed E-state index contributed by atoms with van der Waals surface area (Å²) in [5.41, 5.74) is 4.02. The summed E-state index contributed by atoms with van der Waals surface area (Å²) >= 11 is 0. The van der Waals surface area contributed by atoms with Crippen LogP contribution in [0.15, 0.2) is 24.5 Å². The smallest absolute Gasteiger partial charge is 0.434 e. The predicted molar refractivity (Wildman–Crippen MR) is 99.8 cm³/mol. The maximum absolute atomic E-state index is 13.3. The molecular weight excluding hydrogens is 403 g/mol. The monoisotopic (exact) mass is 421 g/mol. The Morgan fingerprint density at radius 2 is 2.20 bits per heavy atom. The van der Waals surface area contributed by atoms with Gasteiger partial charge in [0, 0.05) is 24.2 Å². The molecule has 0 spiro atoms. The molecule has 3 aromatic rings. The molecule has 11 heteroatoms. The lowest BCUT2D eigenvalue weighted by Gasteiger charge is -2.18. The van der Waals surface area contributed by atoms with Crippen LogP contribution in [-0.4, -0.2) is 38.8 Å². The van der Waals surface area contributed by atoms with E-state index in [1.807, 2.05) is 6.92 Å². The van der Waals surface area contributed by atoms with E-state index in [-0.39, 0.29) is 47.1 Å². The number of nitrogens with one attached hydrogen (secondary N) is 1. The fourth-order valence-electron chi connectivity index (χ4n) is 3.73. The molecule has 30 heavy (non-hydrogen) atoms. The van der Waals surface area contributed by atoms with Gasteiger partial charge in [-0.2, -0.15) is 13.2 Å². The van der Waals surface area contributed by atoms with E-state index in [0.717, 1.165) is 17.0 Å². The van der Waals surface area contributed by atoms with Crippen molar-refractivity contribution in [1.82, 2.24) is 19.7 Å². The number of nitrogens with two attached hydrogens (primary N) is 1. The van der Waals surface area contributed by atoms with Crippen molar-refractivity contribution in [1.29, 1.82) is 0 Å². The number of nitrogens with zero attached hydrogens (tertiary/aromatic N) is 3. The van der Waals surface area contributed by atoms with Crippen molar-refractivity contribution in [2.75, 3.05) is 6.61 Å². The number of hydrogen-bond donors (Lipinski definition) is 2. The molecule has 0 saturated carbocycles. The zero-order valence-corrected chi connectivity index (χ0v) is 15.9. The third-order valence-corrected chi connectivity index (χ3v) is 5.25. The van der Waals surface area contributed by atoms with Gasteiger partial charge in [-0.3, -0.25) is 14.0 Å². The zero-order chi connectivity index (χ0) is 21.6. The van der Waals surface area contributed by atoms with Gasteiger partial charge in [-0.05, 0) is 18.1 Å². The number of primary amides is 1. The highest BCUT2D eigenvalue weighted by molar-refractivity contribution is 6.03. The molecule has 4 heterocycles. The first-order valence-corrected chi connectivity index (χ1v) is 9.29. The summed E-state index contributed by atoms with van der Waals surface area (Å²) in [5.74, 6) is -0.811. The number of amides is 2. The van der Waals surface area contributed by atoms with Gasteiger partial charge in [0.1, 0.15) is 12.1 Å². The summed E-state index contributed by atoms with van der Waals surface area (Å²) in [6.45, 7) is 2.07. The number of pyridine rings is 2. The largest absolute Gasteiger partial charge is 0.474 e. The molecule has 0 aromatic carbocycles. The molecule has 2 atom stereocenters. The quantitative estimate of drug-likeness (QED) is 0.657. The van der Waals surface area contributed by atoms with Crippen molar-refractivity contribution < 1.29 is 27.5 Å². The Bertz CT molecular complexity index is 1160. The standard InChI is InChI=1S/C19H18F3N5O3/c1-2-9-6-14(28)25-12(9)8-30-18-15-10(3-4-24-18)5-11(16(23)29)17-26-13(7-27(15)17)19(20,21)22/h3-5,7,9,12H,2,6,8H2,1H3,(H2,23,29)(H,25,28)/t9-,12?/m1/s1. The molecular formula is C19H18F3N5O3. The van der Waals surface area contributed by atoms with E-state index in [4.69, 9.17) is 10.5 Å². The van der Waals surface area contributed by atoms with Crippen molar-refractivity contribution in [3.8, 4) is 5.88 Å². The molecule has 3 N–H and O–H groups in total. The van der Waals surface area contributed by atoms with Gasteiger partial charge >= 0.3 is 6.18 Å². The Kier molecular flexibility index (Phi) is 4.75. The normalized spacial score (nSPS) is 19.4. The fourth-order valence-corrected chi connectivity index (χ4v) is 3.73. The lowest BCUT2D eigenvalue weighted by Crippen LogP contribution is -2.34. The Labute approximate surface area is 168 Å². The average Bonchev–Trinajstić information content (AvgIpc) is 3.28. The van der Waals surface area contributed by atoms with Crippen molar-refractivity contribution in [2.24, 2.45) is 11.7 Å². The van der Waals surface area contributed by atoms with E-state index in [0.29, 0.717) is 11.8 Å². The number of alkyl halides is 3. The Morgan fingerprint density at radius 1 is 1.43 bits per heavy atom. The Hall–Kier alpha value is -3.37. The average molecular weight is 421 g/mol. The number of carbonyl (C=O) groups is 2. The van der Waals surface area contributed by atoms with Gasteiger partial charge in [0.05, 0.1) is 11.6 Å². The first kappa shape index (κ1) is 19.9. The first-order chi connectivity index (χ1) is 14.2. The lowest BCUT2D eigenvalue weighted by molar-refractivity contribution is -0.140. The van der Waals surface area contributed by atoms with Crippen molar-refractivity contribution >= 4 is 28.4 Å². The molecule has 0 radical (unpaired) electrons. The molecule has 1 aliphatic rings. The molecule has 1 unspecified atom stereocenters. The molecule has 1 saturated heterocycles. The Balaban J connectivity index is 1.82. The fraction of sp³-hybridized carbons (Fsp3) is 0.368. The molecule has 0 aliphatic carbocycles. The molecule has 1 aliphatic heterocycles. The second kappa shape index (κ2) is 7.15. The third kappa shape index (κ3) is 3.40. The summed E-state index contributed by atoms with van der Waals surface area (Å²) in [4.78, 5) is 31.2. The van der Waals surface area contributed by atoms with Crippen LogP contribution in [0.3, 0.4) is 0 Å². The number of hydrogen-bond acceptors (Lipinski definition) is 5. The predicted octanol–water partition coefficient (Wildman–Crippen LogP) is 2.29. The highest BCUT2D eigenvalue weighted by Gasteiger charge is 2.35. The van der Waals surface area contributed by atoms with Crippen molar-refractivity contribution in [3.63, 3.8) is 0 Å². The maximum Gasteiger partial charge on any atom is 0.434 e. The van der Waals surface area contributed by atoms with Gasteiger partial charge in [-0.15, -0.1) is 0 Å². The van der Waals surface area contributed by atoms with Crippen LogP contribution in [0.25, 0.3) is 16.6 Å². The van der Waals surface area contributed by atoms with Crippen molar-refractivity contribution in [3.05, 3.63) is 35.8 Å². The summed E-state index contributed by atoms with van der Waals surface area (Å²) in [6.07, 6.45) is -1.33. The van der Waals surface area contributed by atoms with Gasteiger partial charge < -0.3 is 15.8 Å². The number of fused-ring (bicyclic) bond motifs is 3. The van der Waals surface area contributed by atoms with Gasteiger partial charge in [-0.25, -0.2) is 9.97 Å². The third-order valence-electron chi connectivity index (χ3n) is 5.25. The van der Waals surface area contributed by atoms with Crippen molar-refractivity contribution in [2.45, 2.75) is 32.0 Å². The van der Waals surface area contributed by atoms with Crippen LogP contribution in [0.1, 0.15) is 35.8 Å². The zero-order valence-electron chi connectivity index (χ0n) is 15.9. The molecule has 158 valence electrons. The van der Waals surface area contributed by atoms with E-state index < -0.39 is 17.8 Å². The summed E-state index contributed by atoms with van der Waals surface area (Å²) in [7, 11) is 0. The highest BCUT2D eigenvalue weighted by atomic mass is 19.4. The van der Waals surface area contributed by atoms with Crippen LogP contribution >= 0.6 is 0 Å². The molecule has 3 aromatic heterocycles. The van der Waals surface area contributed by atoms with Crippen LogP contribution in [0.4, 0.5) is 13.2 Å². The number of ether oxygens (including phenoxy) is 1. The summed E-state index contributed by atoms with van der Waals surface area (Å²) < 4.78 is 46.7. The van der Waals surface area contributed by atoms with E-state index >= 15 is 0 Å². The Morgan fingerprint density at radius 3 is 2.87 bits per heavy atom. The summed E-state index contributed by atoms with van der Waals surface area (Å²) in [5, 5.41) is 3.25. The maximum atomic E-state index is 13.3. The minimum absolute atomic E-state index is 0.0654. The second-order valence-electron chi connectivity index (χ2n) is 7.15. The van der Waals surface area contributed by atoms with Crippen LogP contribution in [0.5, 0.6) is 5.88 Å². The number of imidazole rings is 1. The molecule has 1 fully saturated rings. The second-order valence-corrected chi connectivity index (χ2v) is 7.15. The summed E-state index contributed by atoms with van der Waals surface area (Å²) in [6, 6.07) is 2.67. The van der Waals surface area contributed by atoms with E-state index in [9.17, 15) is 22.8 Å². The minimum Gasteiger partial charge on any atom is -0.474 e. The van der Waals surface area contributed by atoms with E-state index in [2.05, 4.69) is 15.3 Å². The number of carbonyl (C=O) groups excluding carboxylic acids is 2. The van der Waals surface area contributed by atoms with Crippen LogP contribution in [-0.2, 0) is 11.0 Å². The van der Waals surface area contributed by atoms with Gasteiger partial charge in [-0.1, -0.05) is 13.3 Å². The molecule has 8 nitrogen and oxygen atoms in total. The minimum atomic E-state index is -4.71. The number of halogens is 3. The molecule has 2 amide bonds. The molecule has 0 bridgehead atoms. The lowest BCUT2D eigenvalue weighted by atomic mass is 9.98. The number of rotatable bonds is 5. The van der Waals surface area contributed by atoms with Crippen LogP contribution in [0.2, 0.25) is 0 Å². The van der Waals surface area contributed by atoms with Gasteiger partial charge in [0.2, 0.25) is 11.8 Å². The van der Waals surface area contributed by atoms with Crippen LogP contribution < -0.4 is 15.8 Å². The number of aromatic nitrogens is 3. The molecule has 4 rings (SSSR count). The van der Waals surface area contributed by atoms with E-state index in [1.165, 1.54) is 18.3 Å². The first-order valence-electron chi connectivity index (χ1n) is 9.29. The van der Waals surface area contributed by atoms with Crippen LogP contribution in [0, 0.1) is 5.92 Å². The van der Waals surface area contributed by atoms with Gasteiger partial charge in [0.15, 0.2) is 11.3 Å².